The van der Waals surface area contributed by atoms with Crippen molar-refractivity contribution < 1.29 is 31.5 Å². The number of carbonyl (C=O) groups is 1. The number of aromatic nitrogens is 2. The van der Waals surface area contributed by atoms with Crippen LogP contribution in [0.25, 0.3) is 5.52 Å². The van der Waals surface area contributed by atoms with Crippen LogP contribution in [0.5, 0.6) is 0 Å². The summed E-state index contributed by atoms with van der Waals surface area (Å²) in [6.45, 7) is 0. The van der Waals surface area contributed by atoms with E-state index >= 15 is 0 Å². The first-order chi connectivity index (χ1) is 9.01. The molecule has 7 nitrogen and oxygen atoms in total. The number of nitrogens with zero attached hydrogens (tertiary/aromatic N) is 2. The molecule has 0 saturated heterocycles. The van der Waals surface area contributed by atoms with Gasteiger partial charge in [-0.3, -0.25) is 0 Å². The fourth-order valence-corrected chi connectivity index (χ4v) is 1.59. The molecule has 2 aromatic heterocycles. The van der Waals surface area contributed by atoms with Crippen LogP contribution < -0.4 is 5.14 Å². The molecule has 0 atom stereocenters. The number of pyridine rings is 1. The van der Waals surface area contributed by atoms with Crippen molar-refractivity contribution in [3.8, 4) is 0 Å². The minimum atomic E-state index is -5.08. The normalized spacial score (nSPS) is 11.8. The van der Waals surface area contributed by atoms with Crippen LogP contribution >= 0.6 is 0 Å². The number of fused-ring (bicyclic) bond motifs is 1. The molecule has 0 aliphatic rings. The molecule has 0 amide bonds. The Morgan fingerprint density at radius 3 is 2.35 bits per heavy atom. The maximum atomic E-state index is 10.9. The molecule has 0 radical (unpaired) electrons. The van der Waals surface area contributed by atoms with Crippen LogP contribution in [-0.2, 0) is 14.8 Å². The van der Waals surface area contributed by atoms with Crippen molar-refractivity contribution in [3.63, 3.8) is 0 Å². The molecule has 110 valence electrons. The van der Waals surface area contributed by atoms with E-state index in [1.54, 1.807) is 16.7 Å². The maximum Gasteiger partial charge on any atom is 0.490 e. The lowest BCUT2D eigenvalue weighted by Crippen LogP contribution is -2.21. The second kappa shape index (κ2) is 5.46. The first-order valence-electron chi connectivity index (χ1n) is 4.76. The lowest BCUT2D eigenvalue weighted by molar-refractivity contribution is -0.192. The zero-order chi connectivity index (χ0) is 15.6. The van der Waals surface area contributed by atoms with Gasteiger partial charge in [0.25, 0.3) is 0 Å². The van der Waals surface area contributed by atoms with Crippen LogP contribution in [0.3, 0.4) is 0 Å². The summed E-state index contributed by atoms with van der Waals surface area (Å²) in [7, 11) is -3.62. The molecule has 0 spiro atoms. The van der Waals surface area contributed by atoms with Crippen LogP contribution in [-0.4, -0.2) is 35.1 Å². The highest BCUT2D eigenvalue weighted by Crippen LogP contribution is 2.13. The quantitative estimate of drug-likeness (QED) is 0.801. The minimum absolute atomic E-state index is 0.0815. The van der Waals surface area contributed by atoms with Gasteiger partial charge in [-0.2, -0.15) is 13.2 Å². The Bertz CT molecular complexity index is 723. The average molecular weight is 311 g/mol. The highest BCUT2D eigenvalue weighted by molar-refractivity contribution is 7.89. The summed E-state index contributed by atoms with van der Waals surface area (Å²) in [4.78, 5) is 12.8. The van der Waals surface area contributed by atoms with Crippen molar-refractivity contribution in [2.75, 3.05) is 0 Å². The summed E-state index contributed by atoms with van der Waals surface area (Å²) in [6, 6.07) is 3.10. The number of sulfonamides is 1. The van der Waals surface area contributed by atoms with E-state index < -0.39 is 22.2 Å². The Morgan fingerprint density at radius 1 is 1.35 bits per heavy atom. The Kier molecular flexibility index (Phi) is 4.35. The van der Waals surface area contributed by atoms with Crippen molar-refractivity contribution in [2.45, 2.75) is 11.1 Å². The number of rotatable bonds is 1. The number of imidazole rings is 1. The van der Waals surface area contributed by atoms with E-state index in [4.69, 9.17) is 15.0 Å². The molecular weight excluding hydrogens is 303 g/mol. The number of halogens is 3. The predicted molar refractivity (Wildman–Crippen MR) is 60.3 cm³/mol. The van der Waals surface area contributed by atoms with Crippen molar-refractivity contribution in [3.05, 3.63) is 30.9 Å². The molecule has 0 fully saturated rings. The summed E-state index contributed by atoms with van der Waals surface area (Å²) >= 11 is 0. The molecule has 0 bridgehead atoms. The number of nitrogens with two attached hydrogens (primary N) is 1. The zero-order valence-electron chi connectivity index (χ0n) is 9.57. The standard InChI is InChI=1S/C7H7N3O2S.C2HF3O2/c8-13(11,12)7-2-1-6-3-9-5-10(6)4-7;3-2(4,5)1(6)7/h1-5H,(H2,8,11,12);(H,6,7). The van der Waals surface area contributed by atoms with Crippen molar-refractivity contribution in [1.82, 2.24) is 9.38 Å². The van der Waals surface area contributed by atoms with Crippen LogP contribution in [0.15, 0.2) is 35.7 Å². The fraction of sp³-hybridized carbons (Fsp3) is 0.111. The molecule has 3 N–H and O–H groups in total. The van der Waals surface area contributed by atoms with Gasteiger partial charge in [-0.1, -0.05) is 0 Å². The van der Waals surface area contributed by atoms with Gasteiger partial charge in [0.1, 0.15) is 0 Å². The van der Waals surface area contributed by atoms with E-state index in [-0.39, 0.29) is 4.90 Å². The Morgan fingerprint density at radius 2 is 1.90 bits per heavy atom. The summed E-state index contributed by atoms with van der Waals surface area (Å²) in [5.41, 5.74) is 0.826. The predicted octanol–water partition coefficient (Wildman–Crippen LogP) is 0.615. The number of carboxylic acid groups (broad SMARTS) is 1. The molecule has 0 aliphatic carbocycles. The first-order valence-corrected chi connectivity index (χ1v) is 6.31. The second-order valence-corrected chi connectivity index (χ2v) is 5.00. The third-order valence-corrected chi connectivity index (χ3v) is 2.85. The van der Waals surface area contributed by atoms with E-state index in [1.165, 1.54) is 18.6 Å². The molecule has 0 aromatic carbocycles. The lowest BCUT2D eigenvalue weighted by atomic mass is 10.4. The zero-order valence-corrected chi connectivity index (χ0v) is 10.4. The highest BCUT2D eigenvalue weighted by atomic mass is 32.2. The molecule has 0 aliphatic heterocycles. The van der Waals surface area contributed by atoms with Gasteiger partial charge in [-0.05, 0) is 12.1 Å². The first kappa shape index (κ1) is 15.9. The third-order valence-electron chi connectivity index (χ3n) is 1.95. The van der Waals surface area contributed by atoms with Gasteiger partial charge in [0.15, 0.2) is 0 Å². The molecule has 2 aromatic rings. The van der Waals surface area contributed by atoms with Gasteiger partial charge in [0.2, 0.25) is 10.0 Å². The second-order valence-electron chi connectivity index (χ2n) is 3.44. The van der Waals surface area contributed by atoms with E-state index in [0.29, 0.717) is 0 Å². The summed E-state index contributed by atoms with van der Waals surface area (Å²) in [5.74, 6) is -2.76. The number of alkyl halides is 3. The SMILES string of the molecule is NS(=O)(=O)c1ccc2cncn2c1.O=C(O)C(F)(F)F. The van der Waals surface area contributed by atoms with Gasteiger partial charge < -0.3 is 9.51 Å². The van der Waals surface area contributed by atoms with Crippen LogP contribution in [0.4, 0.5) is 13.2 Å². The number of hydrogen-bond acceptors (Lipinski definition) is 4. The van der Waals surface area contributed by atoms with E-state index in [9.17, 15) is 21.6 Å². The lowest BCUT2D eigenvalue weighted by Gasteiger charge is -1.98. The van der Waals surface area contributed by atoms with Crippen molar-refractivity contribution >= 4 is 21.5 Å². The summed E-state index contributed by atoms with van der Waals surface area (Å²) in [6.07, 6.45) is -0.505. The van der Waals surface area contributed by atoms with Crippen LogP contribution in [0.1, 0.15) is 0 Å². The topological polar surface area (TPSA) is 115 Å². The van der Waals surface area contributed by atoms with Crippen molar-refractivity contribution in [2.24, 2.45) is 5.14 Å². The molecule has 20 heavy (non-hydrogen) atoms. The number of primary sulfonamides is 1. The monoisotopic (exact) mass is 311 g/mol. The molecular formula is C9H8F3N3O4S. The molecule has 0 saturated carbocycles. The smallest absolute Gasteiger partial charge is 0.475 e. The Labute approximate surface area is 110 Å². The number of aliphatic carboxylic acids is 1. The summed E-state index contributed by atoms with van der Waals surface area (Å²) in [5, 5.41) is 12.1. The molecule has 2 heterocycles. The fourth-order valence-electron chi connectivity index (χ4n) is 1.07. The molecule has 2 rings (SSSR count). The third kappa shape index (κ3) is 4.20. The average Bonchev–Trinajstić information content (AvgIpc) is 2.73. The van der Waals surface area contributed by atoms with Gasteiger partial charge in [0.05, 0.1) is 22.9 Å². The highest BCUT2D eigenvalue weighted by Gasteiger charge is 2.38. The maximum absolute atomic E-state index is 10.9. The van der Waals surface area contributed by atoms with E-state index in [2.05, 4.69) is 4.98 Å². The molecule has 11 heteroatoms. The van der Waals surface area contributed by atoms with Crippen LogP contribution in [0, 0.1) is 0 Å². The largest absolute Gasteiger partial charge is 0.490 e. The van der Waals surface area contributed by atoms with E-state index in [0.717, 1.165) is 5.52 Å². The molecule has 0 unspecified atom stereocenters. The Hall–Kier alpha value is -2.14. The number of carboxylic acids is 1. The van der Waals surface area contributed by atoms with Gasteiger partial charge in [0, 0.05) is 6.20 Å². The van der Waals surface area contributed by atoms with Gasteiger partial charge in [-0.25, -0.2) is 23.3 Å². The Balaban J connectivity index is 0.000000246. The van der Waals surface area contributed by atoms with Crippen molar-refractivity contribution in [1.29, 1.82) is 0 Å². The van der Waals surface area contributed by atoms with Crippen LogP contribution in [0.2, 0.25) is 0 Å². The van der Waals surface area contributed by atoms with E-state index in [1.807, 2.05) is 0 Å². The summed E-state index contributed by atoms with van der Waals surface area (Å²) < 4.78 is 55.2. The number of hydrogen-bond donors (Lipinski definition) is 2. The van der Waals surface area contributed by atoms with Gasteiger partial charge in [-0.15, -0.1) is 0 Å². The van der Waals surface area contributed by atoms with Gasteiger partial charge >= 0.3 is 12.1 Å². The minimum Gasteiger partial charge on any atom is -0.475 e.